The highest BCUT2D eigenvalue weighted by molar-refractivity contribution is 7.80. The third-order valence-corrected chi connectivity index (χ3v) is 5.19. The summed E-state index contributed by atoms with van der Waals surface area (Å²) < 4.78 is 0. The van der Waals surface area contributed by atoms with E-state index in [0.29, 0.717) is 21.3 Å². The molecule has 2 N–H and O–H groups in total. The summed E-state index contributed by atoms with van der Waals surface area (Å²) in [5.41, 5.74) is 3.44. The minimum atomic E-state index is -0.970. The number of hydrogen-bond donors (Lipinski definition) is 2. The van der Waals surface area contributed by atoms with E-state index in [1.54, 1.807) is 48.5 Å². The van der Waals surface area contributed by atoms with Gasteiger partial charge < -0.3 is 5.32 Å². The van der Waals surface area contributed by atoms with Crippen molar-refractivity contribution in [3.63, 3.8) is 0 Å². The number of likely N-dealkylation sites (N-methyl/N-ethyl adjacent to an activating group) is 1. The normalized spacial score (nSPS) is 16.2. The van der Waals surface area contributed by atoms with Crippen molar-refractivity contribution in [2.45, 2.75) is 12.5 Å². The number of halogens is 2. The van der Waals surface area contributed by atoms with Gasteiger partial charge in [-0.1, -0.05) is 29.3 Å². The maximum absolute atomic E-state index is 12.6. The lowest BCUT2D eigenvalue weighted by atomic mass is 10.2. The molecular weight excluding hydrogens is 435 g/mol. The highest BCUT2D eigenvalue weighted by Gasteiger charge is 2.42. The molecule has 0 aliphatic carbocycles. The molecule has 0 radical (unpaired) electrons. The van der Waals surface area contributed by atoms with Gasteiger partial charge in [-0.05, 0) is 54.7 Å². The number of amides is 3. The Morgan fingerprint density at radius 1 is 1.10 bits per heavy atom. The molecule has 1 aliphatic heterocycles. The first-order chi connectivity index (χ1) is 13.8. The van der Waals surface area contributed by atoms with Gasteiger partial charge in [0.25, 0.3) is 11.8 Å². The quantitative estimate of drug-likeness (QED) is 0.683. The van der Waals surface area contributed by atoms with E-state index in [0.717, 1.165) is 0 Å². The van der Waals surface area contributed by atoms with Crippen LogP contribution < -0.4 is 10.7 Å². The van der Waals surface area contributed by atoms with E-state index < -0.39 is 23.8 Å². The van der Waals surface area contributed by atoms with Crippen molar-refractivity contribution in [1.82, 2.24) is 15.3 Å². The van der Waals surface area contributed by atoms with Crippen LogP contribution >= 0.6 is 35.4 Å². The Bertz CT molecular complexity index is 984. The van der Waals surface area contributed by atoms with Crippen LogP contribution in [-0.4, -0.2) is 45.8 Å². The first-order valence-electron chi connectivity index (χ1n) is 8.49. The average molecular weight is 451 g/mol. The number of benzene rings is 2. The molecular formula is C19H16Cl2N4O3S. The van der Waals surface area contributed by atoms with Crippen LogP contribution in [0.15, 0.2) is 48.5 Å². The van der Waals surface area contributed by atoms with Crippen molar-refractivity contribution in [2.75, 3.05) is 12.4 Å². The van der Waals surface area contributed by atoms with Crippen molar-refractivity contribution in [3.8, 4) is 0 Å². The van der Waals surface area contributed by atoms with Gasteiger partial charge in [0.2, 0.25) is 5.91 Å². The number of carbonyl (C=O) groups excluding carboxylic acids is 3. The summed E-state index contributed by atoms with van der Waals surface area (Å²) in [6, 6.07) is 11.9. The van der Waals surface area contributed by atoms with Crippen LogP contribution in [0.5, 0.6) is 0 Å². The number of anilines is 1. The summed E-state index contributed by atoms with van der Waals surface area (Å²) >= 11 is 17.0. The van der Waals surface area contributed by atoms with Gasteiger partial charge in [0.15, 0.2) is 5.11 Å². The van der Waals surface area contributed by atoms with E-state index in [1.807, 2.05) is 0 Å². The lowest BCUT2D eigenvalue weighted by molar-refractivity contribution is -0.130. The van der Waals surface area contributed by atoms with Crippen molar-refractivity contribution in [3.05, 3.63) is 64.1 Å². The summed E-state index contributed by atoms with van der Waals surface area (Å²) in [4.78, 5) is 38.8. The maximum Gasteiger partial charge on any atom is 0.269 e. The molecule has 0 spiro atoms. The maximum atomic E-state index is 12.6. The molecule has 150 valence electrons. The van der Waals surface area contributed by atoms with Crippen LogP contribution in [0.2, 0.25) is 10.0 Å². The average Bonchev–Trinajstić information content (AvgIpc) is 2.87. The molecule has 29 heavy (non-hydrogen) atoms. The van der Waals surface area contributed by atoms with Gasteiger partial charge in [-0.3, -0.25) is 24.7 Å². The van der Waals surface area contributed by atoms with Crippen LogP contribution in [0.25, 0.3) is 0 Å². The molecule has 2 aromatic carbocycles. The van der Waals surface area contributed by atoms with Gasteiger partial charge in [0, 0.05) is 28.3 Å². The van der Waals surface area contributed by atoms with Gasteiger partial charge in [0.1, 0.15) is 6.04 Å². The smallest absolute Gasteiger partial charge is 0.269 e. The largest absolute Gasteiger partial charge is 0.326 e. The number of hydrazine groups is 1. The molecule has 1 heterocycles. The first-order valence-corrected chi connectivity index (χ1v) is 9.65. The third-order valence-electron chi connectivity index (χ3n) is 4.24. The van der Waals surface area contributed by atoms with E-state index >= 15 is 0 Å². The van der Waals surface area contributed by atoms with Crippen LogP contribution in [0.4, 0.5) is 5.69 Å². The molecule has 10 heteroatoms. The van der Waals surface area contributed by atoms with Crippen LogP contribution in [-0.2, 0) is 9.59 Å². The molecule has 1 saturated heterocycles. The van der Waals surface area contributed by atoms with E-state index in [9.17, 15) is 14.4 Å². The fraction of sp³-hybridized carbons (Fsp3) is 0.158. The van der Waals surface area contributed by atoms with Crippen LogP contribution in [0.1, 0.15) is 16.8 Å². The second kappa shape index (κ2) is 8.77. The lowest BCUT2D eigenvalue weighted by Crippen LogP contribution is -2.49. The van der Waals surface area contributed by atoms with Gasteiger partial charge in [-0.2, -0.15) is 0 Å². The highest BCUT2D eigenvalue weighted by atomic mass is 35.5. The zero-order chi connectivity index (χ0) is 21.1. The van der Waals surface area contributed by atoms with Crippen molar-refractivity contribution in [1.29, 1.82) is 0 Å². The van der Waals surface area contributed by atoms with E-state index in [2.05, 4.69) is 10.7 Å². The molecule has 1 aliphatic rings. The second-order valence-electron chi connectivity index (χ2n) is 6.28. The SMILES string of the molecule is CN1C(=O)C(CC(=O)Nc2cccc(Cl)c2)N(NC(=O)c2ccc(Cl)cc2)C1=S. The standard InChI is InChI=1S/C19H16Cl2N4O3S/c1-24-18(28)15(10-16(26)22-14-4-2-3-13(21)9-14)25(19(24)29)23-17(27)11-5-7-12(20)8-6-11/h2-9,15H,10H2,1H3,(H,22,26)(H,23,27). The number of thiocarbonyl (C=S) groups is 1. The Morgan fingerprint density at radius 3 is 2.45 bits per heavy atom. The Kier molecular flexibility index (Phi) is 6.36. The molecule has 1 atom stereocenters. The third kappa shape index (κ3) is 4.84. The van der Waals surface area contributed by atoms with Gasteiger partial charge in [-0.25, -0.2) is 5.01 Å². The predicted molar refractivity (Wildman–Crippen MR) is 115 cm³/mol. The summed E-state index contributed by atoms with van der Waals surface area (Å²) in [5, 5.41) is 4.96. The molecule has 0 saturated carbocycles. The fourth-order valence-electron chi connectivity index (χ4n) is 2.76. The number of nitrogens with zero attached hydrogens (tertiary/aromatic N) is 2. The molecule has 0 bridgehead atoms. The highest BCUT2D eigenvalue weighted by Crippen LogP contribution is 2.20. The van der Waals surface area contributed by atoms with Crippen molar-refractivity contribution >= 4 is 63.9 Å². The van der Waals surface area contributed by atoms with E-state index in [4.69, 9.17) is 35.4 Å². The van der Waals surface area contributed by atoms with Gasteiger partial charge >= 0.3 is 0 Å². The second-order valence-corrected chi connectivity index (χ2v) is 7.51. The molecule has 3 amide bonds. The van der Waals surface area contributed by atoms with Crippen LogP contribution in [0, 0.1) is 0 Å². The number of hydrogen-bond acceptors (Lipinski definition) is 4. The topological polar surface area (TPSA) is 81.8 Å². The Labute approximate surface area is 182 Å². The molecule has 1 unspecified atom stereocenters. The first kappa shape index (κ1) is 21.0. The predicted octanol–water partition coefficient (Wildman–Crippen LogP) is 3.09. The minimum absolute atomic E-state index is 0.0952. The monoisotopic (exact) mass is 450 g/mol. The Morgan fingerprint density at radius 2 is 1.79 bits per heavy atom. The molecule has 0 aromatic heterocycles. The number of rotatable bonds is 5. The molecule has 2 aromatic rings. The minimum Gasteiger partial charge on any atom is -0.326 e. The molecule has 3 rings (SSSR count). The lowest BCUT2D eigenvalue weighted by Gasteiger charge is -2.24. The zero-order valence-corrected chi connectivity index (χ0v) is 17.5. The zero-order valence-electron chi connectivity index (χ0n) is 15.2. The van der Waals surface area contributed by atoms with Crippen LogP contribution in [0.3, 0.4) is 0 Å². The summed E-state index contributed by atoms with van der Waals surface area (Å²) in [5.74, 6) is -1.30. The van der Waals surface area contributed by atoms with Gasteiger partial charge in [0.05, 0.1) is 6.42 Å². The van der Waals surface area contributed by atoms with Crippen molar-refractivity contribution < 1.29 is 14.4 Å². The van der Waals surface area contributed by atoms with Gasteiger partial charge in [-0.15, -0.1) is 0 Å². The Hall–Kier alpha value is -2.68. The van der Waals surface area contributed by atoms with E-state index in [-0.39, 0.29) is 11.5 Å². The Balaban J connectivity index is 1.73. The fourth-order valence-corrected chi connectivity index (χ4v) is 3.34. The summed E-state index contributed by atoms with van der Waals surface area (Å²) in [6.45, 7) is 0. The van der Waals surface area contributed by atoms with E-state index in [1.165, 1.54) is 17.0 Å². The summed E-state index contributed by atoms with van der Waals surface area (Å²) in [7, 11) is 1.49. The molecule has 1 fully saturated rings. The summed E-state index contributed by atoms with van der Waals surface area (Å²) in [6.07, 6.45) is -0.212. The number of nitrogens with one attached hydrogen (secondary N) is 2. The number of carbonyl (C=O) groups is 3. The molecule has 7 nitrogen and oxygen atoms in total. The van der Waals surface area contributed by atoms with Crippen molar-refractivity contribution in [2.24, 2.45) is 0 Å².